The van der Waals surface area contributed by atoms with Crippen molar-refractivity contribution in [2.75, 3.05) is 26.2 Å². The third kappa shape index (κ3) is 4.67. The number of likely N-dealkylation sites (tertiary alicyclic amines) is 1. The summed E-state index contributed by atoms with van der Waals surface area (Å²) in [6.07, 6.45) is 4.27. The van der Waals surface area contributed by atoms with Crippen molar-refractivity contribution in [2.45, 2.75) is 78.1 Å². The van der Waals surface area contributed by atoms with Gasteiger partial charge in [0.1, 0.15) is 0 Å². The third-order valence-corrected chi connectivity index (χ3v) is 6.90. The third-order valence-electron chi connectivity index (χ3n) is 6.90. The Morgan fingerprint density at radius 2 is 1.72 bits per heavy atom. The van der Waals surface area contributed by atoms with Gasteiger partial charge in [-0.1, -0.05) is 45.0 Å². The van der Waals surface area contributed by atoms with Crippen LogP contribution in [0.5, 0.6) is 0 Å². The number of carbonyl (C=O) groups is 2. The minimum atomic E-state index is 0.0298. The predicted octanol–water partition coefficient (Wildman–Crippen LogP) is 4.73. The molecule has 1 aromatic carbocycles. The van der Waals surface area contributed by atoms with Gasteiger partial charge in [0.15, 0.2) is 0 Å². The Kier molecular flexibility index (Phi) is 6.40. The maximum absolute atomic E-state index is 12.8. The van der Waals surface area contributed by atoms with E-state index in [0.717, 1.165) is 45.4 Å². The lowest BCUT2D eigenvalue weighted by molar-refractivity contribution is -0.134. The molecule has 0 N–H and O–H groups in total. The lowest BCUT2D eigenvalue weighted by Gasteiger charge is -2.41. The minimum Gasteiger partial charge on any atom is -0.343 e. The highest BCUT2D eigenvalue weighted by atomic mass is 16.2. The van der Waals surface area contributed by atoms with E-state index in [0.29, 0.717) is 18.8 Å². The fourth-order valence-electron chi connectivity index (χ4n) is 5.35. The van der Waals surface area contributed by atoms with Crippen LogP contribution >= 0.6 is 0 Å². The highest BCUT2D eigenvalue weighted by Gasteiger charge is 2.46. The summed E-state index contributed by atoms with van der Waals surface area (Å²) < 4.78 is 0. The van der Waals surface area contributed by atoms with Crippen molar-refractivity contribution < 1.29 is 9.59 Å². The average Bonchev–Trinajstić information content (AvgIpc) is 2.95. The second kappa shape index (κ2) is 8.49. The van der Waals surface area contributed by atoms with Crippen LogP contribution in [0, 0.1) is 5.41 Å². The zero-order chi connectivity index (χ0) is 21.2. The fraction of sp³-hybridized carbons (Fsp3) is 0.680. The molecule has 1 saturated heterocycles. The number of hydrogen-bond donors (Lipinski definition) is 0. The van der Waals surface area contributed by atoms with Crippen LogP contribution in [0.1, 0.15) is 83.8 Å². The van der Waals surface area contributed by atoms with E-state index in [2.05, 4.69) is 63.8 Å². The predicted molar refractivity (Wildman–Crippen MR) is 118 cm³/mol. The standard InChI is InChI=1S/C25H38N2O2/c1-6-26(7-2)22(28)16-19-17-25(21-11-9-8-10-20(19)21)12-14-27(15-13-25)23(29)18-24(3,4)5/h8-11,19H,6-7,12-18H2,1-5H3/t19-/m1/s1. The molecule has 1 heterocycles. The van der Waals surface area contributed by atoms with Crippen molar-refractivity contribution in [3.05, 3.63) is 35.4 Å². The zero-order valence-corrected chi connectivity index (χ0v) is 19.0. The van der Waals surface area contributed by atoms with Gasteiger partial charge < -0.3 is 9.80 Å². The maximum Gasteiger partial charge on any atom is 0.223 e. The van der Waals surface area contributed by atoms with Gasteiger partial charge in [0.25, 0.3) is 0 Å². The van der Waals surface area contributed by atoms with E-state index in [4.69, 9.17) is 0 Å². The molecular formula is C25H38N2O2. The first-order valence-electron chi connectivity index (χ1n) is 11.3. The van der Waals surface area contributed by atoms with Gasteiger partial charge in [0.05, 0.1) is 0 Å². The summed E-state index contributed by atoms with van der Waals surface area (Å²) in [5.41, 5.74) is 2.95. The lowest BCUT2D eigenvalue weighted by atomic mass is 9.73. The molecule has 0 saturated carbocycles. The van der Waals surface area contributed by atoms with Crippen molar-refractivity contribution in [2.24, 2.45) is 5.41 Å². The monoisotopic (exact) mass is 398 g/mol. The molecule has 2 amide bonds. The zero-order valence-electron chi connectivity index (χ0n) is 19.0. The summed E-state index contributed by atoms with van der Waals surface area (Å²) in [5.74, 6) is 0.854. The molecule has 1 fully saturated rings. The molecule has 1 atom stereocenters. The summed E-state index contributed by atoms with van der Waals surface area (Å²) in [5, 5.41) is 0. The Morgan fingerprint density at radius 1 is 1.10 bits per heavy atom. The number of fused-ring (bicyclic) bond motifs is 2. The number of rotatable bonds is 5. The van der Waals surface area contributed by atoms with Crippen LogP contribution < -0.4 is 0 Å². The summed E-state index contributed by atoms with van der Waals surface area (Å²) in [6.45, 7) is 13.7. The molecular weight excluding hydrogens is 360 g/mol. The van der Waals surface area contributed by atoms with Gasteiger partial charge in [-0.3, -0.25) is 9.59 Å². The fourth-order valence-corrected chi connectivity index (χ4v) is 5.35. The number of benzene rings is 1. The number of nitrogens with zero attached hydrogens (tertiary/aromatic N) is 2. The Bertz CT molecular complexity index is 737. The van der Waals surface area contributed by atoms with E-state index in [1.807, 2.05) is 4.90 Å². The van der Waals surface area contributed by atoms with E-state index in [1.54, 1.807) is 0 Å². The van der Waals surface area contributed by atoms with Crippen LogP contribution in [-0.4, -0.2) is 47.8 Å². The van der Waals surface area contributed by atoms with Gasteiger partial charge in [0, 0.05) is 39.0 Å². The first-order chi connectivity index (χ1) is 13.7. The molecule has 0 radical (unpaired) electrons. The molecule has 0 bridgehead atoms. The average molecular weight is 399 g/mol. The summed E-state index contributed by atoms with van der Waals surface area (Å²) in [6, 6.07) is 8.73. The molecule has 160 valence electrons. The number of hydrogen-bond acceptors (Lipinski definition) is 2. The maximum atomic E-state index is 12.8. The van der Waals surface area contributed by atoms with Crippen molar-refractivity contribution in [1.82, 2.24) is 9.80 Å². The van der Waals surface area contributed by atoms with Crippen LogP contribution in [0.2, 0.25) is 0 Å². The van der Waals surface area contributed by atoms with Gasteiger partial charge >= 0.3 is 0 Å². The molecule has 1 aromatic rings. The minimum absolute atomic E-state index is 0.0298. The smallest absolute Gasteiger partial charge is 0.223 e. The molecule has 29 heavy (non-hydrogen) atoms. The van der Waals surface area contributed by atoms with Crippen molar-refractivity contribution in [1.29, 1.82) is 0 Å². The highest BCUT2D eigenvalue weighted by Crippen LogP contribution is 2.52. The molecule has 1 aliphatic carbocycles. The second-order valence-corrected chi connectivity index (χ2v) is 10.2. The number of carbonyl (C=O) groups excluding carboxylic acids is 2. The van der Waals surface area contributed by atoms with Crippen molar-refractivity contribution >= 4 is 11.8 Å². The topological polar surface area (TPSA) is 40.6 Å². The summed E-state index contributed by atoms with van der Waals surface area (Å²) >= 11 is 0. The summed E-state index contributed by atoms with van der Waals surface area (Å²) in [7, 11) is 0. The molecule has 0 aromatic heterocycles. The van der Waals surface area contributed by atoms with E-state index in [1.165, 1.54) is 11.1 Å². The van der Waals surface area contributed by atoms with Gasteiger partial charge in [-0.25, -0.2) is 0 Å². The quantitative estimate of drug-likeness (QED) is 0.719. The van der Waals surface area contributed by atoms with Crippen LogP contribution in [-0.2, 0) is 15.0 Å². The van der Waals surface area contributed by atoms with Gasteiger partial charge in [-0.05, 0) is 61.0 Å². The first kappa shape index (κ1) is 21.9. The first-order valence-corrected chi connectivity index (χ1v) is 11.3. The number of amides is 2. The summed E-state index contributed by atoms with van der Waals surface area (Å²) in [4.78, 5) is 29.5. The highest BCUT2D eigenvalue weighted by molar-refractivity contribution is 5.78. The van der Waals surface area contributed by atoms with Crippen LogP contribution in [0.25, 0.3) is 0 Å². The number of piperidine rings is 1. The van der Waals surface area contributed by atoms with Crippen molar-refractivity contribution in [3.63, 3.8) is 0 Å². The Labute approximate surface area is 176 Å². The molecule has 3 rings (SSSR count). The Hall–Kier alpha value is -1.84. The SMILES string of the molecule is CCN(CC)C(=O)C[C@@H]1CC2(CCN(C(=O)CC(C)(C)C)CC2)c2ccccc21. The van der Waals surface area contributed by atoms with Crippen LogP contribution in [0.3, 0.4) is 0 Å². The van der Waals surface area contributed by atoms with E-state index >= 15 is 0 Å². The Balaban J connectivity index is 1.73. The molecule has 4 nitrogen and oxygen atoms in total. The molecule has 4 heteroatoms. The van der Waals surface area contributed by atoms with Crippen molar-refractivity contribution in [3.8, 4) is 0 Å². The molecule has 0 unspecified atom stereocenters. The van der Waals surface area contributed by atoms with E-state index in [9.17, 15) is 9.59 Å². The second-order valence-electron chi connectivity index (χ2n) is 10.2. The van der Waals surface area contributed by atoms with Gasteiger partial charge in [-0.15, -0.1) is 0 Å². The van der Waals surface area contributed by atoms with Crippen LogP contribution in [0.15, 0.2) is 24.3 Å². The normalized spacial score (nSPS) is 20.6. The van der Waals surface area contributed by atoms with E-state index in [-0.39, 0.29) is 22.6 Å². The Morgan fingerprint density at radius 3 is 2.31 bits per heavy atom. The van der Waals surface area contributed by atoms with E-state index < -0.39 is 0 Å². The van der Waals surface area contributed by atoms with Gasteiger partial charge in [0.2, 0.25) is 11.8 Å². The molecule has 1 spiro atoms. The van der Waals surface area contributed by atoms with Gasteiger partial charge in [-0.2, -0.15) is 0 Å². The molecule has 1 aliphatic heterocycles. The van der Waals surface area contributed by atoms with Crippen LogP contribution in [0.4, 0.5) is 0 Å². The largest absolute Gasteiger partial charge is 0.343 e. The molecule has 2 aliphatic rings. The lowest BCUT2D eigenvalue weighted by Crippen LogP contribution is -2.45.